The average Bonchev–Trinajstić information content (AvgIpc) is 2.37. The van der Waals surface area contributed by atoms with Crippen LogP contribution in [-0.4, -0.2) is 17.8 Å². The zero-order valence-corrected chi connectivity index (χ0v) is 12.1. The summed E-state index contributed by atoms with van der Waals surface area (Å²) in [5, 5.41) is 3.08. The van der Waals surface area contributed by atoms with Gasteiger partial charge in [0.2, 0.25) is 0 Å². The van der Waals surface area contributed by atoms with E-state index in [1.165, 1.54) is 0 Å². The van der Waals surface area contributed by atoms with Gasteiger partial charge in [-0.25, -0.2) is 0 Å². The van der Waals surface area contributed by atoms with Crippen molar-refractivity contribution in [3.63, 3.8) is 0 Å². The SMILES string of the molecule is CCc1ccccc1C(=O)NC(CCCl)C(C)C. The van der Waals surface area contributed by atoms with Crippen LogP contribution in [0.1, 0.15) is 43.1 Å². The second-order valence-corrected chi connectivity index (χ2v) is 5.19. The van der Waals surface area contributed by atoms with E-state index in [0.717, 1.165) is 24.0 Å². The highest BCUT2D eigenvalue weighted by atomic mass is 35.5. The zero-order valence-electron chi connectivity index (χ0n) is 11.4. The molecule has 18 heavy (non-hydrogen) atoms. The first-order valence-electron chi connectivity index (χ1n) is 6.54. The Morgan fingerprint density at radius 3 is 2.56 bits per heavy atom. The summed E-state index contributed by atoms with van der Waals surface area (Å²) in [6.45, 7) is 6.26. The minimum atomic E-state index is 0.0104. The van der Waals surface area contributed by atoms with Crippen LogP contribution in [0.4, 0.5) is 0 Å². The summed E-state index contributed by atoms with van der Waals surface area (Å²) in [6, 6.07) is 7.89. The van der Waals surface area contributed by atoms with Gasteiger partial charge >= 0.3 is 0 Å². The maximum Gasteiger partial charge on any atom is 0.251 e. The molecular formula is C15H22ClNO. The minimum Gasteiger partial charge on any atom is -0.349 e. The largest absolute Gasteiger partial charge is 0.349 e. The number of carbonyl (C=O) groups excluding carboxylic acids is 1. The second-order valence-electron chi connectivity index (χ2n) is 4.81. The third-order valence-corrected chi connectivity index (χ3v) is 3.40. The lowest BCUT2D eigenvalue weighted by Gasteiger charge is -2.22. The molecule has 3 heteroatoms. The number of alkyl halides is 1. The Kier molecular flexibility index (Phi) is 6.20. The molecule has 0 aliphatic rings. The Hall–Kier alpha value is -1.02. The summed E-state index contributed by atoms with van der Waals surface area (Å²) in [7, 11) is 0. The van der Waals surface area contributed by atoms with Gasteiger partial charge in [0.1, 0.15) is 0 Å². The summed E-state index contributed by atoms with van der Waals surface area (Å²) in [6.07, 6.45) is 1.67. The number of halogens is 1. The van der Waals surface area contributed by atoms with Gasteiger partial charge in [0.25, 0.3) is 5.91 Å². The van der Waals surface area contributed by atoms with Crippen molar-refractivity contribution in [2.45, 2.75) is 39.7 Å². The molecule has 0 radical (unpaired) electrons. The van der Waals surface area contributed by atoms with E-state index >= 15 is 0 Å². The fourth-order valence-electron chi connectivity index (χ4n) is 1.99. The van der Waals surface area contributed by atoms with Crippen molar-refractivity contribution in [3.8, 4) is 0 Å². The van der Waals surface area contributed by atoms with Gasteiger partial charge in [-0.2, -0.15) is 0 Å². The minimum absolute atomic E-state index is 0.0104. The molecule has 1 unspecified atom stereocenters. The number of carbonyl (C=O) groups is 1. The first kappa shape index (κ1) is 15.0. The molecule has 0 saturated carbocycles. The van der Waals surface area contributed by atoms with Crippen LogP contribution in [0.2, 0.25) is 0 Å². The first-order chi connectivity index (χ1) is 8.60. The lowest BCUT2D eigenvalue weighted by Crippen LogP contribution is -2.39. The molecule has 100 valence electrons. The van der Waals surface area contributed by atoms with Gasteiger partial charge < -0.3 is 5.32 Å². The van der Waals surface area contributed by atoms with Crippen molar-refractivity contribution in [1.29, 1.82) is 0 Å². The molecule has 2 nitrogen and oxygen atoms in total. The molecule has 0 spiro atoms. The van der Waals surface area contributed by atoms with Crippen LogP contribution in [0.3, 0.4) is 0 Å². The molecule has 1 rings (SSSR count). The van der Waals surface area contributed by atoms with Gasteiger partial charge in [-0.3, -0.25) is 4.79 Å². The monoisotopic (exact) mass is 267 g/mol. The number of rotatable bonds is 6. The number of benzene rings is 1. The van der Waals surface area contributed by atoms with Gasteiger partial charge in [0.05, 0.1) is 0 Å². The standard InChI is InChI=1S/C15H22ClNO/c1-4-12-7-5-6-8-13(12)15(18)17-14(9-10-16)11(2)3/h5-8,11,14H,4,9-10H2,1-3H3,(H,17,18). The van der Waals surface area contributed by atoms with E-state index in [1.807, 2.05) is 24.3 Å². The van der Waals surface area contributed by atoms with E-state index < -0.39 is 0 Å². The molecule has 0 aliphatic heterocycles. The third-order valence-electron chi connectivity index (χ3n) is 3.18. The predicted molar refractivity (Wildman–Crippen MR) is 77.2 cm³/mol. The van der Waals surface area contributed by atoms with E-state index in [4.69, 9.17) is 11.6 Å². The first-order valence-corrected chi connectivity index (χ1v) is 7.08. The molecule has 0 aromatic heterocycles. The molecule has 1 amide bonds. The Bertz CT molecular complexity index is 390. The van der Waals surface area contributed by atoms with Crippen LogP contribution >= 0.6 is 11.6 Å². The lowest BCUT2D eigenvalue weighted by molar-refractivity contribution is 0.0924. The summed E-state index contributed by atoms with van der Waals surface area (Å²) in [4.78, 5) is 12.3. The molecule has 0 aliphatic carbocycles. The highest BCUT2D eigenvalue weighted by molar-refractivity contribution is 6.17. The molecular weight excluding hydrogens is 246 g/mol. The zero-order chi connectivity index (χ0) is 13.5. The van der Waals surface area contributed by atoms with Gasteiger partial charge in [0.15, 0.2) is 0 Å². The molecule has 1 atom stereocenters. The van der Waals surface area contributed by atoms with Gasteiger partial charge in [-0.1, -0.05) is 39.0 Å². The molecule has 0 fully saturated rings. The second kappa shape index (κ2) is 7.42. The molecule has 1 aromatic carbocycles. The topological polar surface area (TPSA) is 29.1 Å². The van der Waals surface area contributed by atoms with Crippen LogP contribution in [0.15, 0.2) is 24.3 Å². The number of hydrogen-bond donors (Lipinski definition) is 1. The van der Waals surface area contributed by atoms with E-state index in [9.17, 15) is 4.79 Å². The smallest absolute Gasteiger partial charge is 0.251 e. The molecule has 0 saturated heterocycles. The number of nitrogens with one attached hydrogen (secondary N) is 1. The van der Waals surface area contributed by atoms with Crippen molar-refractivity contribution in [2.75, 3.05) is 5.88 Å². The van der Waals surface area contributed by atoms with Crippen molar-refractivity contribution >= 4 is 17.5 Å². The van der Waals surface area contributed by atoms with Gasteiger partial charge in [-0.05, 0) is 30.4 Å². The van der Waals surface area contributed by atoms with E-state index in [1.54, 1.807) is 0 Å². The van der Waals surface area contributed by atoms with Crippen molar-refractivity contribution in [1.82, 2.24) is 5.32 Å². The van der Waals surface area contributed by atoms with E-state index in [0.29, 0.717) is 11.8 Å². The summed E-state index contributed by atoms with van der Waals surface area (Å²) >= 11 is 5.78. The quantitative estimate of drug-likeness (QED) is 0.784. The number of amides is 1. The number of hydrogen-bond acceptors (Lipinski definition) is 1. The molecule has 0 bridgehead atoms. The van der Waals surface area contributed by atoms with E-state index in [2.05, 4.69) is 26.1 Å². The molecule has 0 heterocycles. The third kappa shape index (κ3) is 4.02. The Labute approximate surface area is 115 Å². The Morgan fingerprint density at radius 2 is 2.00 bits per heavy atom. The van der Waals surface area contributed by atoms with Crippen LogP contribution < -0.4 is 5.32 Å². The van der Waals surface area contributed by atoms with Gasteiger partial charge in [-0.15, -0.1) is 11.6 Å². The maximum atomic E-state index is 12.3. The van der Waals surface area contributed by atoms with Crippen LogP contribution in [0, 0.1) is 5.92 Å². The van der Waals surface area contributed by atoms with Crippen molar-refractivity contribution in [3.05, 3.63) is 35.4 Å². The van der Waals surface area contributed by atoms with Gasteiger partial charge in [0, 0.05) is 17.5 Å². The maximum absolute atomic E-state index is 12.3. The van der Waals surface area contributed by atoms with E-state index in [-0.39, 0.29) is 11.9 Å². The molecule has 1 aromatic rings. The Morgan fingerprint density at radius 1 is 1.33 bits per heavy atom. The van der Waals surface area contributed by atoms with Crippen LogP contribution in [0.25, 0.3) is 0 Å². The normalized spacial score (nSPS) is 12.5. The predicted octanol–water partition coefficient (Wildman–Crippen LogP) is 3.63. The molecule has 1 N–H and O–H groups in total. The lowest BCUT2D eigenvalue weighted by atomic mass is 9.99. The fraction of sp³-hybridized carbons (Fsp3) is 0.533. The summed E-state index contributed by atoms with van der Waals surface area (Å²) in [5.74, 6) is 0.969. The Balaban J connectivity index is 2.80. The number of aryl methyl sites for hydroxylation is 1. The highest BCUT2D eigenvalue weighted by Gasteiger charge is 2.17. The summed E-state index contributed by atoms with van der Waals surface area (Å²) in [5.41, 5.74) is 1.86. The van der Waals surface area contributed by atoms with Crippen LogP contribution in [-0.2, 0) is 6.42 Å². The fourth-order valence-corrected chi connectivity index (χ4v) is 2.22. The summed E-state index contributed by atoms with van der Waals surface area (Å²) < 4.78 is 0. The van der Waals surface area contributed by atoms with Crippen LogP contribution in [0.5, 0.6) is 0 Å². The average molecular weight is 268 g/mol. The highest BCUT2D eigenvalue weighted by Crippen LogP contribution is 2.12. The van der Waals surface area contributed by atoms with Crippen molar-refractivity contribution in [2.24, 2.45) is 5.92 Å². The van der Waals surface area contributed by atoms with Crippen molar-refractivity contribution < 1.29 is 4.79 Å².